The summed E-state index contributed by atoms with van der Waals surface area (Å²) in [5.41, 5.74) is 10.2. The number of hydrogen-bond acceptors (Lipinski definition) is 6. The second-order valence-electron chi connectivity index (χ2n) is 5.39. The first-order valence-electron chi connectivity index (χ1n) is 7.31. The van der Waals surface area contributed by atoms with Gasteiger partial charge in [-0.15, -0.1) is 0 Å². The van der Waals surface area contributed by atoms with Crippen molar-refractivity contribution >= 4 is 17.9 Å². The minimum Gasteiger partial charge on any atom is -0.478 e. The number of nitrogens with one attached hydrogen (secondary N) is 3. The van der Waals surface area contributed by atoms with Crippen LogP contribution in [0.2, 0.25) is 0 Å². The lowest BCUT2D eigenvalue weighted by molar-refractivity contribution is 0.0697. The molecule has 0 spiro atoms. The lowest BCUT2D eigenvalue weighted by atomic mass is 10.0. The molecule has 120 valence electrons. The minimum atomic E-state index is -0.945. The number of aryl methyl sites for hydroxylation is 1. The van der Waals surface area contributed by atoms with Crippen LogP contribution in [0.3, 0.4) is 0 Å². The molecule has 0 radical (unpaired) electrons. The maximum atomic E-state index is 10.8. The number of carbonyl (C=O) groups is 1. The van der Waals surface area contributed by atoms with Crippen LogP contribution in [-0.4, -0.2) is 23.8 Å². The second-order valence-corrected chi connectivity index (χ2v) is 5.39. The molecule has 1 aromatic carbocycles. The van der Waals surface area contributed by atoms with Crippen LogP contribution in [-0.2, 0) is 0 Å². The summed E-state index contributed by atoms with van der Waals surface area (Å²) in [6.07, 6.45) is 1.82. The largest absolute Gasteiger partial charge is 0.478 e. The number of rotatable bonds is 5. The van der Waals surface area contributed by atoms with Gasteiger partial charge in [-0.3, -0.25) is 10.9 Å². The molecule has 2 aromatic rings. The van der Waals surface area contributed by atoms with E-state index in [1.54, 1.807) is 12.1 Å². The van der Waals surface area contributed by atoms with E-state index in [-0.39, 0.29) is 17.5 Å². The van der Waals surface area contributed by atoms with Crippen molar-refractivity contribution in [1.82, 2.24) is 10.9 Å². The third-order valence-electron chi connectivity index (χ3n) is 3.68. The molecular formula is C16H18N4O3. The Balaban J connectivity index is 1.61. The summed E-state index contributed by atoms with van der Waals surface area (Å²) in [6, 6.07) is 10.4. The SMILES string of the molecule is Cc1ccc(C2NNCC2/C=N/Nc2ccc(C(=O)O)cc2)o1. The van der Waals surface area contributed by atoms with Crippen molar-refractivity contribution in [3.63, 3.8) is 0 Å². The van der Waals surface area contributed by atoms with Crippen LogP contribution in [0.5, 0.6) is 0 Å². The van der Waals surface area contributed by atoms with Gasteiger partial charge in [-0.2, -0.15) is 5.10 Å². The lowest BCUT2D eigenvalue weighted by Crippen LogP contribution is -2.24. The molecule has 1 aliphatic rings. The molecule has 1 aromatic heterocycles. The molecule has 2 heterocycles. The smallest absolute Gasteiger partial charge is 0.335 e. The number of carboxylic acid groups (broad SMARTS) is 1. The van der Waals surface area contributed by atoms with Crippen molar-refractivity contribution in [3.8, 4) is 0 Å². The van der Waals surface area contributed by atoms with Gasteiger partial charge in [0.05, 0.1) is 17.3 Å². The third-order valence-corrected chi connectivity index (χ3v) is 3.68. The maximum Gasteiger partial charge on any atom is 0.335 e. The summed E-state index contributed by atoms with van der Waals surface area (Å²) in [7, 11) is 0. The molecule has 0 aliphatic carbocycles. The Kier molecular flexibility index (Phi) is 4.40. The molecule has 2 unspecified atom stereocenters. The Labute approximate surface area is 133 Å². The molecule has 0 amide bonds. The fourth-order valence-corrected chi connectivity index (χ4v) is 2.45. The predicted molar refractivity (Wildman–Crippen MR) is 86.3 cm³/mol. The van der Waals surface area contributed by atoms with Gasteiger partial charge in [-0.05, 0) is 43.3 Å². The van der Waals surface area contributed by atoms with Crippen LogP contribution in [0.4, 0.5) is 5.69 Å². The summed E-state index contributed by atoms with van der Waals surface area (Å²) >= 11 is 0. The first-order valence-corrected chi connectivity index (χ1v) is 7.31. The monoisotopic (exact) mass is 314 g/mol. The van der Waals surface area contributed by atoms with E-state index in [4.69, 9.17) is 9.52 Å². The average molecular weight is 314 g/mol. The van der Waals surface area contributed by atoms with E-state index in [9.17, 15) is 4.79 Å². The Morgan fingerprint density at radius 2 is 2.13 bits per heavy atom. The number of benzene rings is 1. The number of hydrogen-bond donors (Lipinski definition) is 4. The van der Waals surface area contributed by atoms with Crippen LogP contribution in [0.1, 0.15) is 27.9 Å². The average Bonchev–Trinajstić information content (AvgIpc) is 3.16. The van der Waals surface area contributed by atoms with Gasteiger partial charge in [0.2, 0.25) is 0 Å². The van der Waals surface area contributed by atoms with Gasteiger partial charge in [0, 0.05) is 18.7 Å². The van der Waals surface area contributed by atoms with Crippen molar-refractivity contribution in [2.75, 3.05) is 12.0 Å². The molecule has 1 fully saturated rings. The van der Waals surface area contributed by atoms with Crippen molar-refractivity contribution in [1.29, 1.82) is 0 Å². The fraction of sp³-hybridized carbons (Fsp3) is 0.250. The summed E-state index contributed by atoms with van der Waals surface area (Å²) < 4.78 is 5.66. The molecule has 7 heteroatoms. The Morgan fingerprint density at radius 1 is 1.35 bits per heavy atom. The van der Waals surface area contributed by atoms with Gasteiger partial charge in [0.25, 0.3) is 0 Å². The molecule has 0 bridgehead atoms. The molecular weight excluding hydrogens is 296 g/mol. The third kappa shape index (κ3) is 3.58. The van der Waals surface area contributed by atoms with E-state index in [1.807, 2.05) is 25.3 Å². The first kappa shape index (κ1) is 15.3. The van der Waals surface area contributed by atoms with Crippen LogP contribution >= 0.6 is 0 Å². The molecule has 0 saturated carbocycles. The van der Waals surface area contributed by atoms with Crippen molar-refractivity contribution in [2.45, 2.75) is 13.0 Å². The summed E-state index contributed by atoms with van der Waals surface area (Å²) in [5, 5.41) is 13.1. The highest BCUT2D eigenvalue weighted by Gasteiger charge is 2.29. The van der Waals surface area contributed by atoms with Gasteiger partial charge >= 0.3 is 5.97 Å². The minimum absolute atomic E-state index is 0.0311. The van der Waals surface area contributed by atoms with Gasteiger partial charge in [-0.25, -0.2) is 10.2 Å². The fourth-order valence-electron chi connectivity index (χ4n) is 2.45. The van der Waals surface area contributed by atoms with Crippen LogP contribution in [0.25, 0.3) is 0 Å². The summed E-state index contributed by atoms with van der Waals surface area (Å²) in [4.78, 5) is 10.8. The molecule has 1 aliphatic heterocycles. The van der Waals surface area contributed by atoms with Crippen LogP contribution in [0, 0.1) is 12.8 Å². The highest BCUT2D eigenvalue weighted by Crippen LogP contribution is 2.25. The number of nitrogens with zero attached hydrogens (tertiary/aromatic N) is 1. The molecule has 7 nitrogen and oxygen atoms in total. The number of aromatic carboxylic acids is 1. The predicted octanol–water partition coefficient (Wildman–Crippen LogP) is 2.15. The molecule has 23 heavy (non-hydrogen) atoms. The van der Waals surface area contributed by atoms with Crippen molar-refractivity contribution < 1.29 is 14.3 Å². The van der Waals surface area contributed by atoms with E-state index in [0.717, 1.165) is 23.8 Å². The van der Waals surface area contributed by atoms with Crippen molar-refractivity contribution in [3.05, 3.63) is 53.5 Å². The van der Waals surface area contributed by atoms with Gasteiger partial charge in [-0.1, -0.05) is 0 Å². The zero-order valence-corrected chi connectivity index (χ0v) is 12.6. The topological polar surface area (TPSA) is 98.9 Å². The second kappa shape index (κ2) is 6.64. The van der Waals surface area contributed by atoms with Crippen LogP contribution in [0.15, 0.2) is 45.9 Å². The lowest BCUT2D eigenvalue weighted by Gasteiger charge is -2.11. The van der Waals surface area contributed by atoms with E-state index in [1.165, 1.54) is 12.1 Å². The first-order chi connectivity index (χ1) is 11.1. The van der Waals surface area contributed by atoms with E-state index in [2.05, 4.69) is 21.4 Å². The summed E-state index contributed by atoms with van der Waals surface area (Å²) in [6.45, 7) is 2.66. The number of carboxylic acids is 1. The van der Waals surface area contributed by atoms with E-state index >= 15 is 0 Å². The van der Waals surface area contributed by atoms with E-state index in [0.29, 0.717) is 0 Å². The maximum absolute atomic E-state index is 10.8. The zero-order chi connectivity index (χ0) is 16.2. The Hall–Kier alpha value is -2.64. The van der Waals surface area contributed by atoms with Gasteiger partial charge in [0.15, 0.2) is 0 Å². The van der Waals surface area contributed by atoms with E-state index < -0.39 is 5.97 Å². The Bertz CT molecular complexity index is 708. The standard InChI is InChI=1S/C16H18N4O3/c1-10-2-7-14(23-10)15-12(9-18-20-15)8-17-19-13-5-3-11(4-6-13)16(21)22/h2-8,12,15,18-20H,9H2,1H3,(H,21,22)/b17-8+. The molecule has 3 rings (SSSR count). The van der Waals surface area contributed by atoms with Gasteiger partial charge in [0.1, 0.15) is 11.5 Å². The normalized spacial score (nSPS) is 20.9. The Morgan fingerprint density at radius 3 is 2.78 bits per heavy atom. The highest BCUT2D eigenvalue weighted by atomic mass is 16.4. The van der Waals surface area contributed by atoms with Crippen LogP contribution < -0.4 is 16.3 Å². The highest BCUT2D eigenvalue weighted by molar-refractivity contribution is 5.88. The quantitative estimate of drug-likeness (QED) is 0.498. The number of hydrazine groups is 1. The number of furan rings is 1. The van der Waals surface area contributed by atoms with Gasteiger partial charge < -0.3 is 9.52 Å². The molecule has 1 saturated heterocycles. The summed E-state index contributed by atoms with van der Waals surface area (Å²) in [5.74, 6) is 0.946. The zero-order valence-electron chi connectivity index (χ0n) is 12.6. The number of hydrazone groups is 1. The molecule has 2 atom stereocenters. The number of anilines is 1. The van der Waals surface area contributed by atoms with Crippen molar-refractivity contribution in [2.24, 2.45) is 11.0 Å². The molecule has 4 N–H and O–H groups in total.